The van der Waals surface area contributed by atoms with E-state index < -0.39 is 0 Å². The van der Waals surface area contributed by atoms with E-state index in [0.29, 0.717) is 11.5 Å². The number of carbonyl (C=O) groups is 1. The Morgan fingerprint density at radius 3 is 2.61 bits per heavy atom. The van der Waals surface area contributed by atoms with Gasteiger partial charge in [0.1, 0.15) is 0 Å². The van der Waals surface area contributed by atoms with Crippen LogP contribution in [-0.4, -0.2) is 10.8 Å². The van der Waals surface area contributed by atoms with Crippen molar-refractivity contribution < 1.29 is 4.79 Å². The van der Waals surface area contributed by atoms with Gasteiger partial charge in [-0.15, -0.1) is 0 Å². The average Bonchev–Trinajstić information content (AvgIpc) is 2.38. The molecule has 1 saturated carbocycles. The second-order valence-electron chi connectivity index (χ2n) is 4.79. The summed E-state index contributed by atoms with van der Waals surface area (Å²) >= 11 is 0. The molecule has 1 heterocycles. The van der Waals surface area contributed by atoms with Crippen LogP contribution in [0.15, 0.2) is 48.8 Å². The molecule has 0 bridgehead atoms. The quantitative estimate of drug-likeness (QED) is 0.764. The van der Waals surface area contributed by atoms with Crippen molar-refractivity contribution >= 4 is 5.78 Å². The van der Waals surface area contributed by atoms with Crippen molar-refractivity contribution in [2.75, 3.05) is 0 Å². The molecule has 0 spiro atoms. The molecular formula is C16H15NO. The van der Waals surface area contributed by atoms with Crippen LogP contribution in [0.1, 0.15) is 46.7 Å². The van der Waals surface area contributed by atoms with E-state index >= 15 is 0 Å². The Bertz CT molecular complexity index is 558. The van der Waals surface area contributed by atoms with Crippen molar-refractivity contribution in [3.8, 4) is 0 Å². The largest absolute Gasteiger partial charge is 0.289 e. The number of carbonyl (C=O) groups excluding carboxylic acids is 1. The van der Waals surface area contributed by atoms with Crippen LogP contribution in [0.4, 0.5) is 0 Å². The highest BCUT2D eigenvalue weighted by molar-refractivity contribution is 6.09. The molecule has 1 aromatic carbocycles. The monoisotopic (exact) mass is 237 g/mol. The van der Waals surface area contributed by atoms with Crippen molar-refractivity contribution in [1.82, 2.24) is 4.98 Å². The Morgan fingerprint density at radius 2 is 1.94 bits per heavy atom. The van der Waals surface area contributed by atoms with Crippen LogP contribution in [-0.2, 0) is 0 Å². The van der Waals surface area contributed by atoms with Crippen LogP contribution < -0.4 is 0 Å². The lowest BCUT2D eigenvalue weighted by molar-refractivity contribution is 0.103. The standard InChI is InChI=1S/C16H15NO/c18-16(13-7-4-10-17-11-13)15-9-2-1-8-14(15)12-5-3-6-12/h1-2,4,7-12H,3,5-6H2. The lowest BCUT2D eigenvalue weighted by atomic mass is 9.77. The van der Waals surface area contributed by atoms with E-state index in [2.05, 4.69) is 11.1 Å². The normalized spacial score (nSPS) is 15.1. The maximum atomic E-state index is 12.5. The SMILES string of the molecule is O=C(c1cccnc1)c1ccccc1C1CCC1. The molecule has 0 aliphatic heterocycles. The number of ketones is 1. The van der Waals surface area contributed by atoms with Gasteiger partial charge in [-0.25, -0.2) is 0 Å². The highest BCUT2D eigenvalue weighted by Gasteiger charge is 2.24. The smallest absolute Gasteiger partial charge is 0.194 e. The Labute approximate surface area is 107 Å². The first-order valence-electron chi connectivity index (χ1n) is 6.40. The number of nitrogens with zero attached hydrogens (tertiary/aromatic N) is 1. The zero-order chi connectivity index (χ0) is 12.4. The van der Waals surface area contributed by atoms with Crippen molar-refractivity contribution in [3.05, 3.63) is 65.5 Å². The van der Waals surface area contributed by atoms with Crippen LogP contribution in [0.3, 0.4) is 0 Å². The summed E-state index contributed by atoms with van der Waals surface area (Å²) in [5, 5.41) is 0. The Balaban J connectivity index is 1.99. The van der Waals surface area contributed by atoms with E-state index in [0.717, 1.165) is 5.56 Å². The van der Waals surface area contributed by atoms with Gasteiger partial charge >= 0.3 is 0 Å². The molecule has 2 aromatic rings. The van der Waals surface area contributed by atoms with E-state index in [9.17, 15) is 4.79 Å². The molecule has 90 valence electrons. The van der Waals surface area contributed by atoms with E-state index in [1.54, 1.807) is 18.5 Å². The molecule has 2 nitrogen and oxygen atoms in total. The van der Waals surface area contributed by atoms with Crippen LogP contribution in [0, 0.1) is 0 Å². The van der Waals surface area contributed by atoms with Gasteiger partial charge in [0, 0.05) is 23.5 Å². The predicted molar refractivity (Wildman–Crippen MR) is 70.7 cm³/mol. The third kappa shape index (κ3) is 1.94. The van der Waals surface area contributed by atoms with Crippen molar-refractivity contribution in [2.24, 2.45) is 0 Å². The van der Waals surface area contributed by atoms with Crippen molar-refractivity contribution in [2.45, 2.75) is 25.2 Å². The molecule has 0 N–H and O–H groups in total. The molecule has 3 rings (SSSR count). The molecular weight excluding hydrogens is 222 g/mol. The number of pyridine rings is 1. The van der Waals surface area contributed by atoms with Gasteiger partial charge in [-0.05, 0) is 36.5 Å². The molecule has 2 heteroatoms. The Kier molecular flexibility index (Phi) is 2.93. The minimum Gasteiger partial charge on any atom is -0.289 e. The van der Waals surface area contributed by atoms with Crippen LogP contribution >= 0.6 is 0 Å². The average molecular weight is 237 g/mol. The van der Waals surface area contributed by atoms with Crippen molar-refractivity contribution in [1.29, 1.82) is 0 Å². The van der Waals surface area contributed by atoms with Gasteiger partial charge < -0.3 is 0 Å². The van der Waals surface area contributed by atoms with E-state index in [-0.39, 0.29) is 5.78 Å². The molecule has 18 heavy (non-hydrogen) atoms. The molecule has 1 fully saturated rings. The molecule has 0 amide bonds. The topological polar surface area (TPSA) is 30.0 Å². The van der Waals surface area contributed by atoms with E-state index in [1.807, 2.05) is 24.3 Å². The second-order valence-corrected chi connectivity index (χ2v) is 4.79. The Morgan fingerprint density at radius 1 is 1.11 bits per heavy atom. The van der Waals surface area contributed by atoms with Gasteiger partial charge in [0.2, 0.25) is 0 Å². The summed E-state index contributed by atoms with van der Waals surface area (Å²) in [5.74, 6) is 0.660. The lowest BCUT2D eigenvalue weighted by Gasteiger charge is -2.27. The predicted octanol–water partition coefficient (Wildman–Crippen LogP) is 3.58. The number of benzene rings is 1. The number of aromatic nitrogens is 1. The van der Waals surface area contributed by atoms with Crippen LogP contribution in [0.25, 0.3) is 0 Å². The molecule has 0 radical (unpaired) electrons. The fourth-order valence-electron chi connectivity index (χ4n) is 2.43. The van der Waals surface area contributed by atoms with E-state index in [1.165, 1.54) is 24.8 Å². The number of rotatable bonds is 3. The molecule has 1 aliphatic rings. The zero-order valence-corrected chi connectivity index (χ0v) is 10.2. The number of hydrogen-bond donors (Lipinski definition) is 0. The summed E-state index contributed by atoms with van der Waals surface area (Å²) in [7, 11) is 0. The van der Waals surface area contributed by atoms with Gasteiger partial charge in [0.25, 0.3) is 0 Å². The summed E-state index contributed by atoms with van der Waals surface area (Å²) < 4.78 is 0. The molecule has 1 aliphatic carbocycles. The minimum atomic E-state index is 0.0885. The molecule has 1 aromatic heterocycles. The fourth-order valence-corrected chi connectivity index (χ4v) is 2.43. The van der Waals surface area contributed by atoms with Gasteiger partial charge in [-0.2, -0.15) is 0 Å². The van der Waals surface area contributed by atoms with Crippen LogP contribution in [0.5, 0.6) is 0 Å². The zero-order valence-electron chi connectivity index (χ0n) is 10.2. The lowest BCUT2D eigenvalue weighted by Crippen LogP contribution is -2.14. The maximum Gasteiger partial charge on any atom is 0.194 e. The van der Waals surface area contributed by atoms with Crippen molar-refractivity contribution in [3.63, 3.8) is 0 Å². The highest BCUT2D eigenvalue weighted by Crippen LogP contribution is 2.38. The summed E-state index contributed by atoms with van der Waals surface area (Å²) in [5.41, 5.74) is 2.72. The molecule has 0 atom stereocenters. The third-order valence-corrected chi connectivity index (χ3v) is 3.67. The number of hydrogen-bond acceptors (Lipinski definition) is 2. The van der Waals surface area contributed by atoms with Gasteiger partial charge in [-0.3, -0.25) is 9.78 Å². The summed E-state index contributed by atoms with van der Waals surface area (Å²) in [6.07, 6.45) is 7.02. The van der Waals surface area contributed by atoms with Crippen LogP contribution in [0.2, 0.25) is 0 Å². The summed E-state index contributed by atoms with van der Waals surface area (Å²) in [6.45, 7) is 0. The first kappa shape index (κ1) is 11.1. The minimum absolute atomic E-state index is 0.0885. The van der Waals surface area contributed by atoms with Gasteiger partial charge in [-0.1, -0.05) is 30.7 Å². The summed E-state index contributed by atoms with van der Waals surface area (Å²) in [4.78, 5) is 16.5. The second kappa shape index (κ2) is 4.73. The molecule has 0 unspecified atom stereocenters. The van der Waals surface area contributed by atoms with E-state index in [4.69, 9.17) is 0 Å². The molecule has 0 saturated heterocycles. The summed E-state index contributed by atoms with van der Waals surface area (Å²) in [6, 6.07) is 11.6. The third-order valence-electron chi connectivity index (χ3n) is 3.67. The first-order chi connectivity index (χ1) is 8.86. The fraction of sp³-hybridized carbons (Fsp3) is 0.250. The Hall–Kier alpha value is -1.96. The van der Waals surface area contributed by atoms with Gasteiger partial charge in [0.05, 0.1) is 0 Å². The first-order valence-corrected chi connectivity index (χ1v) is 6.40. The van der Waals surface area contributed by atoms with Gasteiger partial charge in [0.15, 0.2) is 5.78 Å². The highest BCUT2D eigenvalue weighted by atomic mass is 16.1. The maximum absolute atomic E-state index is 12.5.